The molecule has 2 unspecified atom stereocenters. The number of hydrogen-bond donors (Lipinski definition) is 3. The lowest BCUT2D eigenvalue weighted by atomic mass is 10.1. The summed E-state index contributed by atoms with van der Waals surface area (Å²) in [6.07, 6.45) is -0.933. The number of carboxylic acids is 1. The molecule has 0 aliphatic carbocycles. The Morgan fingerprint density at radius 1 is 0.971 bits per heavy atom. The summed E-state index contributed by atoms with van der Waals surface area (Å²) in [7, 11) is -3.94. The van der Waals surface area contributed by atoms with Crippen LogP contribution in [-0.2, 0) is 36.4 Å². The fraction of sp³-hybridized carbons (Fsp3) is 0.440. The van der Waals surface area contributed by atoms with Crippen molar-refractivity contribution < 1.29 is 33.0 Å². The molecular weight excluding hydrogens is 471 g/mol. The van der Waals surface area contributed by atoms with Gasteiger partial charge in [0, 0.05) is 6.54 Å². The summed E-state index contributed by atoms with van der Waals surface area (Å²) in [5, 5.41) is 12.3. The van der Waals surface area contributed by atoms with E-state index in [0.29, 0.717) is 19.4 Å². The average molecular weight is 507 g/mol. The van der Waals surface area contributed by atoms with Crippen LogP contribution in [0.25, 0.3) is 0 Å². The van der Waals surface area contributed by atoms with Crippen molar-refractivity contribution >= 4 is 19.7 Å². The molecule has 3 atom stereocenters. The van der Waals surface area contributed by atoms with Crippen molar-refractivity contribution in [3.8, 4) is 0 Å². The second-order valence-corrected chi connectivity index (χ2v) is 10.6. The first kappa shape index (κ1) is 28.5. The van der Waals surface area contributed by atoms with Gasteiger partial charge >= 0.3 is 19.7 Å². The largest absolute Gasteiger partial charge is 0.479 e. The number of nitrogens with two attached hydrogens (primary N) is 1. The van der Waals surface area contributed by atoms with Gasteiger partial charge in [-0.15, -0.1) is 0 Å². The Hall–Kier alpha value is -2.71. The van der Waals surface area contributed by atoms with Crippen LogP contribution in [0, 0.1) is 5.92 Å². The topological polar surface area (TPSA) is 137 Å². The third kappa shape index (κ3) is 10.2. The number of carbonyl (C=O) groups excluding carboxylic acids is 1. The Morgan fingerprint density at radius 3 is 2.09 bits per heavy atom. The maximum atomic E-state index is 13.5. The van der Waals surface area contributed by atoms with Gasteiger partial charge < -0.3 is 25.4 Å². The van der Waals surface area contributed by atoms with Crippen LogP contribution in [0.2, 0.25) is 0 Å². The Morgan fingerprint density at radius 2 is 1.54 bits per heavy atom. The van der Waals surface area contributed by atoms with E-state index in [1.54, 1.807) is 26.0 Å². The molecule has 0 saturated heterocycles. The zero-order chi connectivity index (χ0) is 25.7. The second-order valence-electron chi connectivity index (χ2n) is 8.45. The normalized spacial score (nSPS) is 14.6. The zero-order valence-corrected chi connectivity index (χ0v) is 21.1. The average Bonchev–Trinajstić information content (AvgIpc) is 2.86. The highest BCUT2D eigenvalue weighted by Crippen LogP contribution is 2.55. The summed E-state index contributed by atoms with van der Waals surface area (Å²) in [5.74, 6) is -2.48. The van der Waals surface area contributed by atoms with Gasteiger partial charge in [-0.25, -0.2) is 9.59 Å². The summed E-state index contributed by atoms with van der Waals surface area (Å²) in [6, 6.07) is 18.4. The standard InChI is InChI=1S/C25H35N2O7P/c1-19(2)23(26)35(31,33-18-21-13-7-4-8-14-21)34-22(24(28)29)15-9-10-16-27-25(30)32-17-20-11-5-3-6-12-20/h3-8,11-14,19,22-23H,9-10,15-18,26H2,1-2H3,(H,27,30)(H,28,29)/t22?,23-,35?/m0/s1. The number of rotatable bonds is 15. The number of carbonyl (C=O) groups is 2. The van der Waals surface area contributed by atoms with Gasteiger partial charge in [0.1, 0.15) is 12.4 Å². The number of nitrogens with one attached hydrogen (secondary N) is 1. The van der Waals surface area contributed by atoms with Gasteiger partial charge in [-0.1, -0.05) is 74.5 Å². The molecule has 0 bridgehead atoms. The van der Waals surface area contributed by atoms with Crippen LogP contribution in [0.15, 0.2) is 60.7 Å². The van der Waals surface area contributed by atoms with Gasteiger partial charge in [-0.3, -0.25) is 9.09 Å². The zero-order valence-electron chi connectivity index (χ0n) is 20.2. The molecule has 10 heteroatoms. The molecule has 0 radical (unpaired) electrons. The molecule has 35 heavy (non-hydrogen) atoms. The third-order valence-electron chi connectivity index (χ3n) is 5.23. The Balaban J connectivity index is 1.83. The van der Waals surface area contributed by atoms with Crippen LogP contribution in [-0.4, -0.2) is 35.6 Å². The molecule has 0 fully saturated rings. The summed E-state index contributed by atoms with van der Waals surface area (Å²) in [6.45, 7) is 3.99. The van der Waals surface area contributed by atoms with E-state index < -0.39 is 31.5 Å². The maximum absolute atomic E-state index is 13.5. The van der Waals surface area contributed by atoms with E-state index >= 15 is 0 Å². The molecule has 2 aromatic rings. The lowest BCUT2D eigenvalue weighted by Gasteiger charge is -2.29. The summed E-state index contributed by atoms with van der Waals surface area (Å²) in [4.78, 5) is 23.6. The number of hydrogen-bond acceptors (Lipinski definition) is 7. The number of ether oxygens (including phenoxy) is 1. The fourth-order valence-electron chi connectivity index (χ4n) is 3.11. The quantitative estimate of drug-likeness (QED) is 0.229. The number of amides is 1. The highest BCUT2D eigenvalue weighted by Gasteiger charge is 2.39. The highest BCUT2D eigenvalue weighted by molar-refractivity contribution is 7.54. The molecule has 0 heterocycles. The van der Waals surface area contributed by atoms with Crippen molar-refractivity contribution in [3.05, 3.63) is 71.8 Å². The van der Waals surface area contributed by atoms with Crippen molar-refractivity contribution in [2.75, 3.05) is 6.54 Å². The van der Waals surface area contributed by atoms with Gasteiger partial charge in [0.05, 0.1) is 6.61 Å². The minimum absolute atomic E-state index is 0.0140. The lowest BCUT2D eigenvalue weighted by molar-refractivity contribution is -0.146. The first-order chi connectivity index (χ1) is 16.7. The van der Waals surface area contributed by atoms with Crippen LogP contribution < -0.4 is 11.1 Å². The van der Waals surface area contributed by atoms with E-state index in [-0.39, 0.29) is 25.6 Å². The van der Waals surface area contributed by atoms with E-state index in [1.807, 2.05) is 48.5 Å². The predicted octanol–water partition coefficient (Wildman–Crippen LogP) is 4.90. The number of carboxylic acid groups (broad SMARTS) is 1. The van der Waals surface area contributed by atoms with E-state index in [4.69, 9.17) is 19.5 Å². The Labute approximate surface area is 206 Å². The maximum Gasteiger partial charge on any atom is 0.407 e. The first-order valence-corrected chi connectivity index (χ1v) is 13.2. The molecule has 0 aromatic heterocycles. The van der Waals surface area contributed by atoms with Gasteiger partial charge in [-0.05, 0) is 36.3 Å². The fourth-order valence-corrected chi connectivity index (χ4v) is 5.09. The van der Waals surface area contributed by atoms with Crippen LogP contribution in [0.4, 0.5) is 4.79 Å². The van der Waals surface area contributed by atoms with Crippen LogP contribution in [0.3, 0.4) is 0 Å². The lowest BCUT2D eigenvalue weighted by Crippen LogP contribution is -2.33. The van der Waals surface area contributed by atoms with Gasteiger partial charge in [0.15, 0.2) is 6.10 Å². The molecule has 2 aromatic carbocycles. The van der Waals surface area contributed by atoms with Crippen molar-refractivity contribution in [2.45, 2.75) is 58.2 Å². The third-order valence-corrected chi connectivity index (χ3v) is 7.59. The van der Waals surface area contributed by atoms with Crippen molar-refractivity contribution in [3.63, 3.8) is 0 Å². The first-order valence-electron chi connectivity index (χ1n) is 11.6. The molecule has 0 spiro atoms. The number of unbranched alkanes of at least 4 members (excludes halogenated alkanes) is 1. The van der Waals surface area contributed by atoms with Crippen LogP contribution in [0.1, 0.15) is 44.2 Å². The molecule has 4 N–H and O–H groups in total. The highest BCUT2D eigenvalue weighted by atomic mass is 31.2. The van der Waals surface area contributed by atoms with Crippen molar-refractivity contribution in [1.82, 2.24) is 5.32 Å². The van der Waals surface area contributed by atoms with E-state index in [9.17, 15) is 19.3 Å². The van der Waals surface area contributed by atoms with Gasteiger partial charge in [-0.2, -0.15) is 0 Å². The molecule has 9 nitrogen and oxygen atoms in total. The van der Waals surface area contributed by atoms with Gasteiger partial charge in [0.25, 0.3) is 0 Å². The van der Waals surface area contributed by atoms with Gasteiger partial charge in [0.2, 0.25) is 0 Å². The molecule has 0 aliphatic rings. The summed E-state index contributed by atoms with van der Waals surface area (Å²) >= 11 is 0. The Bertz CT molecular complexity index is 957. The van der Waals surface area contributed by atoms with Crippen molar-refractivity contribution in [2.24, 2.45) is 11.7 Å². The van der Waals surface area contributed by atoms with E-state index in [1.165, 1.54) is 0 Å². The number of alkyl carbamates (subject to hydrolysis) is 1. The van der Waals surface area contributed by atoms with E-state index in [0.717, 1.165) is 11.1 Å². The minimum atomic E-state index is -3.94. The molecule has 0 aliphatic heterocycles. The number of benzene rings is 2. The smallest absolute Gasteiger partial charge is 0.407 e. The van der Waals surface area contributed by atoms with E-state index in [2.05, 4.69) is 5.32 Å². The second kappa shape index (κ2) is 14.6. The molecule has 0 saturated carbocycles. The number of aliphatic carboxylic acids is 1. The van der Waals surface area contributed by atoms with Crippen LogP contribution >= 0.6 is 7.60 Å². The molecular formula is C25H35N2O7P. The summed E-state index contributed by atoms with van der Waals surface area (Å²) < 4.78 is 29.8. The SMILES string of the molecule is CC(C)[C@@H](N)P(=O)(OCc1ccccc1)OC(CCCCNC(=O)OCc1ccccc1)C(=O)O. The monoisotopic (exact) mass is 506 g/mol. The molecule has 2 rings (SSSR count). The van der Waals surface area contributed by atoms with Crippen LogP contribution in [0.5, 0.6) is 0 Å². The van der Waals surface area contributed by atoms with Crippen molar-refractivity contribution in [1.29, 1.82) is 0 Å². The predicted molar refractivity (Wildman–Crippen MR) is 133 cm³/mol. The Kier molecular flexibility index (Phi) is 11.9. The summed E-state index contributed by atoms with van der Waals surface area (Å²) in [5.41, 5.74) is 7.77. The molecule has 1 amide bonds. The minimum Gasteiger partial charge on any atom is -0.479 e. The molecule has 192 valence electrons.